The van der Waals surface area contributed by atoms with Gasteiger partial charge in [-0.25, -0.2) is 0 Å². The fourth-order valence-corrected chi connectivity index (χ4v) is 2.50. The first-order valence-corrected chi connectivity index (χ1v) is 9.41. The van der Waals surface area contributed by atoms with E-state index in [0.29, 0.717) is 29.6 Å². The zero-order chi connectivity index (χ0) is 20.5. The second-order valence-corrected chi connectivity index (χ2v) is 7.18. The largest absolute Gasteiger partial charge is 0.492 e. The lowest BCUT2D eigenvalue weighted by Crippen LogP contribution is -2.44. The summed E-state index contributed by atoms with van der Waals surface area (Å²) in [5.74, 6) is 0.849. The van der Waals surface area contributed by atoms with E-state index in [2.05, 4.69) is 24.7 Å². The predicted octanol–water partition coefficient (Wildman–Crippen LogP) is 3.68. The lowest BCUT2D eigenvalue weighted by molar-refractivity contribution is -0.123. The molecule has 2 amide bonds. The van der Waals surface area contributed by atoms with Gasteiger partial charge in [0, 0.05) is 0 Å². The molecule has 6 nitrogen and oxygen atoms in total. The van der Waals surface area contributed by atoms with Gasteiger partial charge < -0.3 is 9.47 Å². The second kappa shape index (κ2) is 10.3. The fourth-order valence-electron chi connectivity index (χ4n) is 2.50. The van der Waals surface area contributed by atoms with Crippen molar-refractivity contribution in [3.63, 3.8) is 0 Å². The van der Waals surface area contributed by atoms with Crippen LogP contribution < -0.4 is 20.3 Å². The molecule has 0 atom stereocenters. The molecule has 0 aliphatic heterocycles. The van der Waals surface area contributed by atoms with E-state index < -0.39 is 11.8 Å². The van der Waals surface area contributed by atoms with Crippen molar-refractivity contribution in [2.24, 2.45) is 5.92 Å². The molecule has 0 unspecified atom stereocenters. The fraction of sp³-hybridized carbons (Fsp3) is 0.364. The number of carbonyl (C=O) groups is 2. The van der Waals surface area contributed by atoms with E-state index in [0.717, 1.165) is 5.56 Å². The molecule has 6 heteroatoms. The van der Waals surface area contributed by atoms with Crippen molar-refractivity contribution in [3.8, 4) is 11.5 Å². The van der Waals surface area contributed by atoms with E-state index in [1.54, 1.807) is 24.3 Å². The Labute approximate surface area is 166 Å². The van der Waals surface area contributed by atoms with E-state index in [4.69, 9.17) is 9.47 Å². The van der Waals surface area contributed by atoms with Crippen molar-refractivity contribution in [3.05, 3.63) is 59.7 Å². The van der Waals surface area contributed by atoms with Gasteiger partial charge in [-0.1, -0.05) is 58.0 Å². The standard InChI is InChI=1S/C22H28N2O4/c1-15(2)13-27-20-12-8-6-10-18(20)22(26)24-23-21(25)14-28-19-11-7-5-9-17(19)16(3)4/h5-12,15-16H,13-14H2,1-4H3,(H,23,25)(H,24,26). The molecule has 0 heterocycles. The van der Waals surface area contributed by atoms with Crippen LogP contribution in [0, 0.1) is 5.92 Å². The molecule has 0 saturated heterocycles. The first kappa shape index (κ1) is 21.3. The van der Waals surface area contributed by atoms with Gasteiger partial charge in [0.1, 0.15) is 11.5 Å². The highest BCUT2D eigenvalue weighted by molar-refractivity contribution is 5.97. The number of amides is 2. The van der Waals surface area contributed by atoms with Gasteiger partial charge in [-0.05, 0) is 35.6 Å². The maximum Gasteiger partial charge on any atom is 0.276 e. The Hall–Kier alpha value is -3.02. The molecule has 0 spiro atoms. The molecule has 0 saturated carbocycles. The first-order chi connectivity index (χ1) is 13.4. The Morgan fingerprint density at radius 1 is 0.857 bits per heavy atom. The number of benzene rings is 2. The minimum absolute atomic E-state index is 0.199. The van der Waals surface area contributed by atoms with Gasteiger partial charge >= 0.3 is 0 Å². The second-order valence-electron chi connectivity index (χ2n) is 7.18. The summed E-state index contributed by atoms with van der Waals surface area (Å²) in [5, 5.41) is 0. The number of hydrazine groups is 1. The number of nitrogens with one attached hydrogen (secondary N) is 2. The molecule has 28 heavy (non-hydrogen) atoms. The third-order valence-electron chi connectivity index (χ3n) is 3.92. The van der Waals surface area contributed by atoms with Gasteiger partial charge in [-0.15, -0.1) is 0 Å². The van der Waals surface area contributed by atoms with Crippen molar-refractivity contribution in [1.82, 2.24) is 10.9 Å². The van der Waals surface area contributed by atoms with Crippen molar-refractivity contribution in [2.75, 3.05) is 13.2 Å². The Morgan fingerprint density at radius 3 is 2.18 bits per heavy atom. The van der Waals surface area contributed by atoms with E-state index in [9.17, 15) is 9.59 Å². The average molecular weight is 384 g/mol. The number of rotatable bonds is 8. The monoisotopic (exact) mass is 384 g/mol. The number of hydrogen-bond acceptors (Lipinski definition) is 4. The molecule has 0 aliphatic carbocycles. The first-order valence-electron chi connectivity index (χ1n) is 9.41. The molecule has 0 aliphatic rings. The number of carbonyl (C=O) groups excluding carboxylic acids is 2. The topological polar surface area (TPSA) is 76.7 Å². The molecule has 2 aromatic rings. The minimum atomic E-state index is -0.451. The van der Waals surface area contributed by atoms with Crippen LogP contribution in [0.1, 0.15) is 49.5 Å². The van der Waals surface area contributed by atoms with E-state index in [-0.39, 0.29) is 12.5 Å². The van der Waals surface area contributed by atoms with Crippen LogP contribution in [0.25, 0.3) is 0 Å². The normalized spacial score (nSPS) is 10.6. The minimum Gasteiger partial charge on any atom is -0.492 e. The van der Waals surface area contributed by atoms with E-state index in [1.807, 2.05) is 38.1 Å². The summed E-state index contributed by atoms with van der Waals surface area (Å²) in [6, 6.07) is 14.5. The quantitative estimate of drug-likeness (QED) is 0.681. The smallest absolute Gasteiger partial charge is 0.276 e. The summed E-state index contributed by atoms with van der Waals surface area (Å²) in [4.78, 5) is 24.4. The van der Waals surface area contributed by atoms with Crippen LogP contribution in [0.3, 0.4) is 0 Å². The maximum atomic E-state index is 12.4. The molecule has 2 N–H and O–H groups in total. The van der Waals surface area contributed by atoms with Crippen molar-refractivity contribution >= 4 is 11.8 Å². The molecule has 0 aromatic heterocycles. The zero-order valence-corrected chi connectivity index (χ0v) is 16.8. The van der Waals surface area contributed by atoms with Crippen LogP contribution in [0.4, 0.5) is 0 Å². The number of hydrogen-bond donors (Lipinski definition) is 2. The van der Waals surface area contributed by atoms with Crippen LogP contribution in [-0.2, 0) is 4.79 Å². The maximum absolute atomic E-state index is 12.4. The highest BCUT2D eigenvalue weighted by Crippen LogP contribution is 2.25. The SMILES string of the molecule is CC(C)COc1ccccc1C(=O)NNC(=O)COc1ccccc1C(C)C. The molecule has 0 fully saturated rings. The number of para-hydroxylation sites is 2. The van der Waals surface area contributed by atoms with E-state index in [1.165, 1.54) is 0 Å². The highest BCUT2D eigenvalue weighted by Gasteiger charge is 2.14. The Balaban J connectivity index is 1.89. The molecular weight excluding hydrogens is 356 g/mol. The highest BCUT2D eigenvalue weighted by atomic mass is 16.5. The van der Waals surface area contributed by atoms with Crippen molar-refractivity contribution in [2.45, 2.75) is 33.6 Å². The molecule has 2 rings (SSSR count). The van der Waals surface area contributed by atoms with Crippen LogP contribution >= 0.6 is 0 Å². The summed E-state index contributed by atoms with van der Waals surface area (Å²) in [7, 11) is 0. The zero-order valence-electron chi connectivity index (χ0n) is 16.8. The van der Waals surface area contributed by atoms with Gasteiger partial charge in [-0.2, -0.15) is 0 Å². The lowest BCUT2D eigenvalue weighted by atomic mass is 10.0. The van der Waals surface area contributed by atoms with Crippen LogP contribution in [-0.4, -0.2) is 25.0 Å². The predicted molar refractivity (Wildman–Crippen MR) is 108 cm³/mol. The summed E-state index contributed by atoms with van der Waals surface area (Å²) < 4.78 is 11.3. The van der Waals surface area contributed by atoms with Crippen LogP contribution in [0.5, 0.6) is 11.5 Å². The molecule has 0 radical (unpaired) electrons. The third kappa shape index (κ3) is 6.30. The Kier molecular flexibility index (Phi) is 7.87. The van der Waals surface area contributed by atoms with Gasteiger partial charge in [0.2, 0.25) is 0 Å². The summed E-state index contributed by atoms with van der Waals surface area (Å²) in [6.07, 6.45) is 0. The van der Waals surface area contributed by atoms with Gasteiger partial charge in [-0.3, -0.25) is 20.4 Å². The van der Waals surface area contributed by atoms with Gasteiger partial charge in [0.15, 0.2) is 6.61 Å². The lowest BCUT2D eigenvalue weighted by Gasteiger charge is -2.15. The number of ether oxygens (including phenoxy) is 2. The Bertz CT molecular complexity index is 803. The molecule has 150 valence electrons. The van der Waals surface area contributed by atoms with Gasteiger partial charge in [0.25, 0.3) is 11.8 Å². The summed E-state index contributed by atoms with van der Waals surface area (Å²) >= 11 is 0. The molecule has 2 aromatic carbocycles. The molecular formula is C22H28N2O4. The van der Waals surface area contributed by atoms with Crippen molar-refractivity contribution in [1.29, 1.82) is 0 Å². The average Bonchev–Trinajstić information content (AvgIpc) is 2.69. The van der Waals surface area contributed by atoms with Crippen LogP contribution in [0.15, 0.2) is 48.5 Å². The summed E-state index contributed by atoms with van der Waals surface area (Å²) in [6.45, 7) is 8.47. The Morgan fingerprint density at radius 2 is 1.50 bits per heavy atom. The third-order valence-corrected chi connectivity index (χ3v) is 3.92. The van der Waals surface area contributed by atoms with Crippen LogP contribution in [0.2, 0.25) is 0 Å². The van der Waals surface area contributed by atoms with E-state index >= 15 is 0 Å². The summed E-state index contributed by atoms with van der Waals surface area (Å²) in [5.41, 5.74) is 6.15. The van der Waals surface area contributed by atoms with Gasteiger partial charge in [0.05, 0.1) is 12.2 Å². The molecule has 0 bridgehead atoms. The van der Waals surface area contributed by atoms with Crippen molar-refractivity contribution < 1.29 is 19.1 Å².